The zero-order valence-electron chi connectivity index (χ0n) is 13.9. The van der Waals surface area contributed by atoms with Crippen LogP contribution in [0.5, 0.6) is 5.75 Å². The number of methoxy groups -OCH3 is 1. The van der Waals surface area contributed by atoms with Crippen LogP contribution in [0.4, 0.5) is 17.1 Å². The molecule has 1 heterocycles. The second-order valence-corrected chi connectivity index (χ2v) is 6.28. The summed E-state index contributed by atoms with van der Waals surface area (Å²) in [5.41, 5.74) is 3.16. The van der Waals surface area contributed by atoms with Gasteiger partial charge in [-0.05, 0) is 55.7 Å². The maximum absolute atomic E-state index is 5.48. The van der Waals surface area contributed by atoms with Gasteiger partial charge < -0.3 is 20.3 Å². The van der Waals surface area contributed by atoms with E-state index >= 15 is 0 Å². The Kier molecular flexibility index (Phi) is 5.54. The minimum Gasteiger partial charge on any atom is -0.497 e. The van der Waals surface area contributed by atoms with E-state index in [1.54, 1.807) is 7.11 Å². The van der Waals surface area contributed by atoms with Crippen molar-refractivity contribution in [3.63, 3.8) is 0 Å². The Morgan fingerprint density at radius 1 is 1.00 bits per heavy atom. The summed E-state index contributed by atoms with van der Waals surface area (Å²) in [4.78, 5) is 2.43. The van der Waals surface area contributed by atoms with Gasteiger partial charge in [0.25, 0.3) is 0 Å². The maximum atomic E-state index is 5.48. The molecule has 0 aromatic heterocycles. The zero-order valence-corrected chi connectivity index (χ0v) is 14.7. The fraction of sp³-hybridized carbons (Fsp3) is 0.316. The predicted molar refractivity (Wildman–Crippen MR) is 105 cm³/mol. The Morgan fingerprint density at radius 2 is 1.79 bits per heavy atom. The molecule has 1 saturated heterocycles. The van der Waals surface area contributed by atoms with E-state index in [-0.39, 0.29) is 0 Å². The molecule has 2 N–H and O–H groups in total. The molecule has 0 spiro atoms. The molecule has 2 aromatic rings. The molecule has 1 aliphatic heterocycles. The number of ether oxygens (including phenoxy) is 1. The molecule has 1 aliphatic rings. The van der Waals surface area contributed by atoms with Crippen molar-refractivity contribution in [1.29, 1.82) is 0 Å². The molecule has 5 heteroatoms. The van der Waals surface area contributed by atoms with Crippen molar-refractivity contribution in [2.45, 2.75) is 19.3 Å². The van der Waals surface area contributed by atoms with Gasteiger partial charge >= 0.3 is 0 Å². The molecule has 3 rings (SSSR count). The molecule has 4 nitrogen and oxygen atoms in total. The number of rotatable bonds is 4. The van der Waals surface area contributed by atoms with Gasteiger partial charge in [-0.25, -0.2) is 0 Å². The summed E-state index contributed by atoms with van der Waals surface area (Å²) in [6.45, 7) is 2.21. The smallest absolute Gasteiger partial charge is 0.175 e. The molecule has 0 unspecified atom stereocenters. The van der Waals surface area contributed by atoms with E-state index in [0.29, 0.717) is 5.11 Å². The molecule has 0 aliphatic carbocycles. The second-order valence-electron chi connectivity index (χ2n) is 5.88. The maximum Gasteiger partial charge on any atom is 0.175 e. The fourth-order valence-corrected chi connectivity index (χ4v) is 3.20. The average molecular weight is 341 g/mol. The largest absolute Gasteiger partial charge is 0.497 e. The molecule has 0 saturated carbocycles. The Bertz CT molecular complexity index is 699. The summed E-state index contributed by atoms with van der Waals surface area (Å²) >= 11 is 5.48. The lowest BCUT2D eigenvalue weighted by molar-refractivity contribution is 0.415. The molecule has 126 valence electrons. The third kappa shape index (κ3) is 4.17. The fourth-order valence-electron chi connectivity index (χ4n) is 2.98. The summed E-state index contributed by atoms with van der Waals surface area (Å²) in [7, 11) is 1.66. The predicted octanol–water partition coefficient (Wildman–Crippen LogP) is 4.49. The van der Waals surface area contributed by atoms with Crippen molar-refractivity contribution in [2.75, 3.05) is 35.7 Å². The molecule has 0 atom stereocenters. The Balaban J connectivity index is 1.70. The number of anilines is 3. The van der Waals surface area contributed by atoms with Crippen molar-refractivity contribution >= 4 is 34.4 Å². The first kappa shape index (κ1) is 16.6. The number of para-hydroxylation sites is 2. The highest BCUT2D eigenvalue weighted by molar-refractivity contribution is 7.80. The number of nitrogens with one attached hydrogen (secondary N) is 2. The average Bonchev–Trinajstić information content (AvgIpc) is 2.63. The van der Waals surface area contributed by atoms with Crippen LogP contribution in [0.3, 0.4) is 0 Å². The molecule has 0 radical (unpaired) electrons. The summed E-state index contributed by atoms with van der Waals surface area (Å²) in [6, 6.07) is 16.1. The zero-order chi connectivity index (χ0) is 16.8. The van der Waals surface area contributed by atoms with Crippen LogP contribution in [0, 0.1) is 0 Å². The topological polar surface area (TPSA) is 36.5 Å². The molecule has 1 fully saturated rings. The standard InChI is InChI=1S/C19H23N3OS/c1-23-16-9-7-8-15(14-16)20-19(24)21-17-10-3-4-11-18(17)22-12-5-2-6-13-22/h3-4,7-11,14H,2,5-6,12-13H2,1H3,(H2,20,21,24). The summed E-state index contributed by atoms with van der Waals surface area (Å²) in [5.74, 6) is 0.802. The Hall–Kier alpha value is -2.27. The summed E-state index contributed by atoms with van der Waals surface area (Å²) < 4.78 is 5.24. The van der Waals surface area contributed by atoms with Crippen molar-refractivity contribution in [3.05, 3.63) is 48.5 Å². The van der Waals surface area contributed by atoms with Crippen molar-refractivity contribution in [3.8, 4) is 5.75 Å². The van der Waals surface area contributed by atoms with E-state index in [4.69, 9.17) is 17.0 Å². The SMILES string of the molecule is COc1cccc(NC(=S)Nc2ccccc2N2CCCCC2)c1. The number of nitrogens with zero attached hydrogens (tertiary/aromatic N) is 1. The first-order valence-electron chi connectivity index (χ1n) is 8.32. The lowest BCUT2D eigenvalue weighted by Crippen LogP contribution is -2.30. The van der Waals surface area contributed by atoms with Crippen LogP contribution in [0.2, 0.25) is 0 Å². The highest BCUT2D eigenvalue weighted by atomic mass is 32.1. The number of hydrogen-bond donors (Lipinski definition) is 2. The third-order valence-electron chi connectivity index (χ3n) is 4.18. The first-order chi connectivity index (χ1) is 11.8. The quantitative estimate of drug-likeness (QED) is 0.801. The summed E-state index contributed by atoms with van der Waals surface area (Å²) in [5, 5.41) is 7.13. The van der Waals surface area contributed by atoms with Gasteiger partial charge in [-0.2, -0.15) is 0 Å². The first-order valence-corrected chi connectivity index (χ1v) is 8.73. The van der Waals surface area contributed by atoms with Gasteiger partial charge in [-0.3, -0.25) is 0 Å². The van der Waals surface area contributed by atoms with Crippen LogP contribution in [-0.4, -0.2) is 25.3 Å². The highest BCUT2D eigenvalue weighted by Crippen LogP contribution is 2.28. The van der Waals surface area contributed by atoms with Crippen molar-refractivity contribution < 1.29 is 4.74 Å². The molecule has 2 aromatic carbocycles. The van der Waals surface area contributed by atoms with E-state index in [9.17, 15) is 0 Å². The van der Waals surface area contributed by atoms with Crippen LogP contribution in [0.1, 0.15) is 19.3 Å². The monoisotopic (exact) mass is 341 g/mol. The second kappa shape index (κ2) is 8.02. The van der Waals surface area contributed by atoms with Gasteiger partial charge in [0.15, 0.2) is 5.11 Å². The van der Waals surface area contributed by atoms with E-state index in [2.05, 4.69) is 33.7 Å². The minimum atomic E-state index is 0.577. The number of benzene rings is 2. The van der Waals surface area contributed by atoms with Gasteiger partial charge in [0.05, 0.1) is 18.5 Å². The van der Waals surface area contributed by atoms with Gasteiger partial charge in [0, 0.05) is 24.8 Å². The highest BCUT2D eigenvalue weighted by Gasteiger charge is 2.14. The van der Waals surface area contributed by atoms with Crippen LogP contribution < -0.4 is 20.3 Å². The molecular formula is C19H23N3OS. The molecule has 24 heavy (non-hydrogen) atoms. The molecular weight excluding hydrogens is 318 g/mol. The normalized spacial score (nSPS) is 14.1. The van der Waals surface area contributed by atoms with Crippen molar-refractivity contribution in [2.24, 2.45) is 0 Å². The summed E-state index contributed by atoms with van der Waals surface area (Å²) in [6.07, 6.45) is 3.82. The van der Waals surface area contributed by atoms with E-state index in [1.807, 2.05) is 30.3 Å². The molecule has 0 bridgehead atoms. The van der Waals surface area contributed by atoms with Gasteiger partial charge in [0.2, 0.25) is 0 Å². The van der Waals surface area contributed by atoms with Gasteiger partial charge in [-0.15, -0.1) is 0 Å². The lowest BCUT2D eigenvalue weighted by Gasteiger charge is -2.30. The number of piperidine rings is 1. The van der Waals surface area contributed by atoms with Crippen LogP contribution >= 0.6 is 12.2 Å². The van der Waals surface area contributed by atoms with E-state index in [1.165, 1.54) is 24.9 Å². The minimum absolute atomic E-state index is 0.577. The van der Waals surface area contributed by atoms with Crippen LogP contribution in [0.15, 0.2) is 48.5 Å². The van der Waals surface area contributed by atoms with Crippen LogP contribution in [0.25, 0.3) is 0 Å². The van der Waals surface area contributed by atoms with Crippen LogP contribution in [-0.2, 0) is 0 Å². The third-order valence-corrected chi connectivity index (χ3v) is 4.38. The van der Waals surface area contributed by atoms with E-state index < -0.39 is 0 Å². The lowest BCUT2D eigenvalue weighted by atomic mass is 10.1. The number of hydrogen-bond acceptors (Lipinski definition) is 3. The van der Waals surface area contributed by atoms with E-state index in [0.717, 1.165) is 30.2 Å². The van der Waals surface area contributed by atoms with Gasteiger partial charge in [0.1, 0.15) is 5.75 Å². The van der Waals surface area contributed by atoms with Crippen molar-refractivity contribution in [1.82, 2.24) is 0 Å². The number of thiocarbonyl (C=S) groups is 1. The molecule has 0 amide bonds. The Labute approximate surface area is 148 Å². The van der Waals surface area contributed by atoms with Gasteiger partial charge in [-0.1, -0.05) is 18.2 Å². The Morgan fingerprint density at radius 3 is 2.58 bits per heavy atom.